The average Bonchev–Trinajstić information content (AvgIpc) is 3.52. The molecule has 2 aliphatic rings. The molecule has 8 heteroatoms. The zero-order valence-corrected chi connectivity index (χ0v) is 34.5. The molecule has 2 fully saturated rings. The molecule has 1 saturated carbocycles. The number of carbonyl (C=O) groups excluding carboxylic acids is 3. The molecule has 0 spiro atoms. The predicted octanol–water partition coefficient (Wildman–Crippen LogP) is 10.0. The first-order valence-electron chi connectivity index (χ1n) is 19.7. The molecule has 0 aromatic carbocycles. The second-order valence-corrected chi connectivity index (χ2v) is 16.4. The van der Waals surface area contributed by atoms with E-state index in [2.05, 4.69) is 91.1 Å². The van der Waals surface area contributed by atoms with Gasteiger partial charge in [0.15, 0.2) is 0 Å². The first-order chi connectivity index (χ1) is 23.8. The van der Waals surface area contributed by atoms with E-state index in [0.717, 1.165) is 89.0 Å². The number of likely N-dealkylation sites (tertiary alicyclic amines) is 1. The minimum absolute atomic E-state index is 0.0318. The fraction of sp³-hybridized carbons (Fsp3) is 0.744. The van der Waals surface area contributed by atoms with Gasteiger partial charge in [-0.15, -0.1) is 6.58 Å². The molecule has 0 aromatic heterocycles. The smallest absolute Gasteiger partial charge is 0.408 e. The van der Waals surface area contributed by atoms with E-state index in [0.29, 0.717) is 6.54 Å². The lowest BCUT2D eigenvalue weighted by atomic mass is 9.82. The van der Waals surface area contributed by atoms with Crippen molar-refractivity contribution in [3.63, 3.8) is 0 Å². The van der Waals surface area contributed by atoms with Gasteiger partial charge in [0.25, 0.3) is 0 Å². The van der Waals surface area contributed by atoms with Gasteiger partial charge in [0.1, 0.15) is 17.7 Å². The number of rotatable bonds is 17. The third-order valence-corrected chi connectivity index (χ3v) is 10.5. The third-order valence-electron chi connectivity index (χ3n) is 10.5. The summed E-state index contributed by atoms with van der Waals surface area (Å²) < 4.78 is 5.78. The van der Waals surface area contributed by atoms with Crippen LogP contribution in [0.2, 0.25) is 0 Å². The van der Waals surface area contributed by atoms with Crippen LogP contribution < -0.4 is 16.4 Å². The summed E-state index contributed by atoms with van der Waals surface area (Å²) in [6.45, 7) is 36.6. The molecule has 4 atom stereocenters. The molecule has 8 nitrogen and oxygen atoms in total. The number of hydrogen-bond acceptors (Lipinski definition) is 5. The molecule has 4 N–H and O–H groups in total. The van der Waals surface area contributed by atoms with Crippen molar-refractivity contribution in [1.82, 2.24) is 15.5 Å². The predicted molar refractivity (Wildman–Crippen MR) is 216 cm³/mol. The Morgan fingerprint density at radius 3 is 2.00 bits per heavy atom. The van der Waals surface area contributed by atoms with Gasteiger partial charge in [0.05, 0.1) is 0 Å². The third kappa shape index (κ3) is 17.8. The summed E-state index contributed by atoms with van der Waals surface area (Å²) in [4.78, 5) is 43.2. The number of allylic oxidation sites excluding steroid dienone is 2. The van der Waals surface area contributed by atoms with E-state index in [1.807, 2.05) is 26.8 Å². The number of nitrogens with one attached hydrogen (secondary N) is 2. The maximum atomic E-state index is 14.3. The molecule has 51 heavy (non-hydrogen) atoms. The van der Waals surface area contributed by atoms with Gasteiger partial charge in [-0.3, -0.25) is 9.59 Å². The molecule has 3 amide bonds. The number of carbonyl (C=O) groups is 3. The summed E-state index contributed by atoms with van der Waals surface area (Å²) in [5.74, 6) is 0.00505. The van der Waals surface area contributed by atoms with E-state index in [-0.39, 0.29) is 41.0 Å². The van der Waals surface area contributed by atoms with Gasteiger partial charge in [-0.05, 0) is 102 Å². The molecular formula is C43H78N4O4. The van der Waals surface area contributed by atoms with E-state index in [1.54, 1.807) is 4.90 Å². The summed E-state index contributed by atoms with van der Waals surface area (Å²) in [6.07, 6.45) is 14.7. The summed E-state index contributed by atoms with van der Waals surface area (Å²) in [6, 6.07) is -1.51. The Balaban J connectivity index is 0.00000327. The van der Waals surface area contributed by atoms with Gasteiger partial charge in [-0.1, -0.05) is 118 Å². The molecule has 1 aliphatic carbocycles. The number of alkyl carbamates (subject to hydrolysis) is 1. The van der Waals surface area contributed by atoms with Gasteiger partial charge in [0, 0.05) is 12.6 Å². The highest BCUT2D eigenvalue weighted by molar-refractivity contribution is 5.92. The SMILES string of the molecule is C=C(CCC(=C)C(C)NC(=O)C1[C@@H](C(C)C)CCN1C(=O)C(NC(=O)OC(C)(C)CCC)C1CCCCC1)CC(C)(C)CC.C=CCC.C=CN. The monoisotopic (exact) mass is 715 g/mol. The van der Waals surface area contributed by atoms with Gasteiger partial charge in [-0.2, -0.15) is 0 Å². The van der Waals surface area contributed by atoms with Crippen LogP contribution in [0.25, 0.3) is 0 Å². The zero-order valence-electron chi connectivity index (χ0n) is 34.5. The fourth-order valence-electron chi connectivity index (χ4n) is 7.03. The highest BCUT2D eigenvalue weighted by atomic mass is 16.6. The van der Waals surface area contributed by atoms with Crippen molar-refractivity contribution in [2.75, 3.05) is 6.54 Å². The molecule has 1 saturated heterocycles. The van der Waals surface area contributed by atoms with Crippen molar-refractivity contribution in [3.8, 4) is 0 Å². The summed E-state index contributed by atoms with van der Waals surface area (Å²) >= 11 is 0. The lowest BCUT2D eigenvalue weighted by Gasteiger charge is -2.36. The molecule has 0 radical (unpaired) electrons. The number of hydrogen-bond donors (Lipinski definition) is 3. The summed E-state index contributed by atoms with van der Waals surface area (Å²) in [7, 11) is 0. The Kier molecular flexibility index (Phi) is 22.8. The van der Waals surface area contributed by atoms with Crippen LogP contribution in [0, 0.1) is 23.2 Å². The minimum Gasteiger partial charge on any atom is -0.444 e. The quantitative estimate of drug-likeness (QED) is 0.130. The number of ether oxygens (including phenoxy) is 1. The van der Waals surface area contributed by atoms with Crippen LogP contribution in [-0.4, -0.2) is 53.1 Å². The summed E-state index contributed by atoms with van der Waals surface area (Å²) in [5, 5.41) is 6.19. The van der Waals surface area contributed by atoms with Crippen molar-refractivity contribution >= 4 is 17.9 Å². The second-order valence-electron chi connectivity index (χ2n) is 16.4. The normalized spacial score (nSPS) is 18.9. The molecule has 2 rings (SSSR count). The highest BCUT2D eigenvalue weighted by Crippen LogP contribution is 2.35. The first kappa shape index (κ1) is 48.0. The van der Waals surface area contributed by atoms with Crippen LogP contribution in [0.5, 0.6) is 0 Å². The second kappa shape index (κ2) is 24.3. The van der Waals surface area contributed by atoms with Gasteiger partial charge in [-0.25, -0.2) is 4.79 Å². The Bertz CT molecular complexity index is 1110. The van der Waals surface area contributed by atoms with E-state index >= 15 is 0 Å². The molecule has 1 heterocycles. The zero-order chi connectivity index (χ0) is 39.4. The van der Waals surface area contributed by atoms with Crippen LogP contribution in [0.3, 0.4) is 0 Å². The number of nitrogens with zero attached hydrogens (tertiary/aromatic N) is 1. The number of nitrogens with two attached hydrogens (primary N) is 1. The van der Waals surface area contributed by atoms with Crippen LogP contribution in [0.15, 0.2) is 49.7 Å². The lowest BCUT2D eigenvalue weighted by molar-refractivity contribution is -0.142. The van der Waals surface area contributed by atoms with Gasteiger partial charge >= 0.3 is 6.09 Å². The summed E-state index contributed by atoms with van der Waals surface area (Å²) in [5.41, 5.74) is 6.40. The van der Waals surface area contributed by atoms with Crippen molar-refractivity contribution in [3.05, 3.63) is 49.7 Å². The van der Waals surface area contributed by atoms with Crippen LogP contribution in [0.1, 0.15) is 153 Å². The molecule has 3 unspecified atom stereocenters. The fourth-order valence-corrected chi connectivity index (χ4v) is 7.03. The van der Waals surface area contributed by atoms with Crippen LogP contribution >= 0.6 is 0 Å². The van der Waals surface area contributed by atoms with Crippen molar-refractivity contribution in [1.29, 1.82) is 0 Å². The van der Waals surface area contributed by atoms with E-state index in [1.165, 1.54) is 11.8 Å². The maximum Gasteiger partial charge on any atom is 0.408 e. The molecule has 294 valence electrons. The minimum atomic E-state index is -0.702. The number of amides is 3. The van der Waals surface area contributed by atoms with Crippen molar-refractivity contribution in [2.45, 2.75) is 176 Å². The standard InChI is InChI=1S/C37H65N3O4.C4H8.C2H5N/c1-12-22-37(10,11)44-35(43)39-31(29-17-15-14-16-18-29)34(42)40-23-21-30(25(3)4)32(40)33(41)38-28(7)27(6)20-19-26(5)24-36(8,9)13-2;1-3-4-2;1-2-3/h25,28-32H,5-6,12-24H2,1-4,7-11H3,(H,38,41)(H,39,43);3H,1,4H2,2H3;2H,1,3H2/t28?,30-,31?,32?;;/m1../s1. The maximum absolute atomic E-state index is 14.3. The molecule has 1 aliphatic heterocycles. The van der Waals surface area contributed by atoms with E-state index in [9.17, 15) is 14.4 Å². The largest absolute Gasteiger partial charge is 0.444 e. The van der Waals surface area contributed by atoms with Gasteiger partial charge < -0.3 is 26.0 Å². The van der Waals surface area contributed by atoms with Crippen LogP contribution in [0.4, 0.5) is 4.79 Å². The Morgan fingerprint density at radius 2 is 1.51 bits per heavy atom. The first-order valence-corrected chi connectivity index (χ1v) is 19.7. The Labute approximate surface area is 313 Å². The van der Waals surface area contributed by atoms with Crippen LogP contribution in [-0.2, 0) is 14.3 Å². The lowest BCUT2D eigenvalue weighted by Crippen LogP contribution is -2.58. The topological polar surface area (TPSA) is 114 Å². The average molecular weight is 715 g/mol. The van der Waals surface area contributed by atoms with Crippen molar-refractivity contribution in [2.24, 2.45) is 28.9 Å². The molecule has 0 bridgehead atoms. The van der Waals surface area contributed by atoms with E-state index in [4.69, 9.17) is 4.74 Å². The highest BCUT2D eigenvalue weighted by Gasteiger charge is 2.46. The Hall–Kier alpha value is -3.03. The Morgan fingerprint density at radius 1 is 0.941 bits per heavy atom. The molecular weight excluding hydrogens is 636 g/mol. The van der Waals surface area contributed by atoms with Gasteiger partial charge in [0.2, 0.25) is 11.8 Å². The van der Waals surface area contributed by atoms with Crippen molar-refractivity contribution < 1.29 is 19.1 Å². The van der Waals surface area contributed by atoms with E-state index < -0.39 is 23.8 Å². The molecule has 0 aromatic rings.